The largest absolute Gasteiger partial charge is 0.313 e. The van der Waals surface area contributed by atoms with Gasteiger partial charge in [0.2, 0.25) is 0 Å². The normalized spacial score (nSPS) is 13.5. The molecule has 0 saturated heterocycles. The molecule has 0 bridgehead atoms. The average Bonchev–Trinajstić information content (AvgIpc) is 2.92. The van der Waals surface area contributed by atoms with Crippen molar-refractivity contribution in [2.75, 3.05) is 6.54 Å². The van der Waals surface area contributed by atoms with Gasteiger partial charge < -0.3 is 5.32 Å². The molecule has 3 rings (SSSR count). The van der Waals surface area contributed by atoms with Crippen LogP contribution >= 0.6 is 0 Å². The van der Waals surface area contributed by atoms with E-state index in [1.54, 1.807) is 11.1 Å². The highest BCUT2D eigenvalue weighted by Gasteiger charge is 2.12. The van der Waals surface area contributed by atoms with E-state index in [0.717, 1.165) is 13.1 Å². The van der Waals surface area contributed by atoms with Crippen molar-refractivity contribution < 1.29 is 0 Å². The van der Waals surface area contributed by atoms with Crippen LogP contribution in [0.3, 0.4) is 0 Å². The van der Waals surface area contributed by atoms with Crippen molar-refractivity contribution >= 4 is 0 Å². The molecule has 0 saturated carbocycles. The minimum atomic E-state index is 0.948. The predicted octanol–water partition coefficient (Wildman–Crippen LogP) is 3.95. The topological polar surface area (TPSA) is 12.0 Å². The summed E-state index contributed by atoms with van der Waals surface area (Å²) in [5.41, 5.74) is 7.23. The first-order chi connectivity index (χ1) is 9.38. The van der Waals surface area contributed by atoms with E-state index in [4.69, 9.17) is 0 Å². The minimum absolute atomic E-state index is 0.948. The lowest BCUT2D eigenvalue weighted by atomic mass is 9.96. The van der Waals surface area contributed by atoms with E-state index in [9.17, 15) is 0 Å². The Morgan fingerprint density at radius 1 is 1.00 bits per heavy atom. The first-order valence-corrected chi connectivity index (χ1v) is 7.29. The Morgan fingerprint density at radius 3 is 2.74 bits per heavy atom. The summed E-state index contributed by atoms with van der Waals surface area (Å²) in [6.45, 7) is 4.11. The van der Waals surface area contributed by atoms with E-state index in [2.05, 4.69) is 54.7 Å². The molecule has 0 aromatic heterocycles. The molecule has 19 heavy (non-hydrogen) atoms. The van der Waals surface area contributed by atoms with Crippen LogP contribution in [0.4, 0.5) is 0 Å². The van der Waals surface area contributed by atoms with Gasteiger partial charge in [-0.15, -0.1) is 0 Å². The van der Waals surface area contributed by atoms with Crippen LogP contribution in [0.1, 0.15) is 30.0 Å². The second-order valence-corrected chi connectivity index (χ2v) is 5.27. The maximum absolute atomic E-state index is 3.43. The average molecular weight is 251 g/mol. The van der Waals surface area contributed by atoms with Crippen LogP contribution in [0.25, 0.3) is 11.1 Å². The van der Waals surface area contributed by atoms with E-state index < -0.39 is 0 Å². The van der Waals surface area contributed by atoms with Gasteiger partial charge >= 0.3 is 0 Å². The van der Waals surface area contributed by atoms with E-state index in [1.807, 2.05) is 0 Å². The third-order valence-electron chi connectivity index (χ3n) is 3.99. The lowest BCUT2D eigenvalue weighted by Gasteiger charge is -2.11. The van der Waals surface area contributed by atoms with Crippen LogP contribution in [-0.4, -0.2) is 6.54 Å². The van der Waals surface area contributed by atoms with Gasteiger partial charge in [0.25, 0.3) is 0 Å². The predicted molar refractivity (Wildman–Crippen MR) is 81.3 cm³/mol. The van der Waals surface area contributed by atoms with Gasteiger partial charge in [0.05, 0.1) is 0 Å². The second-order valence-electron chi connectivity index (χ2n) is 5.27. The zero-order chi connectivity index (χ0) is 13.1. The molecular weight excluding hydrogens is 230 g/mol. The van der Waals surface area contributed by atoms with Gasteiger partial charge in [-0.25, -0.2) is 0 Å². The molecule has 0 fully saturated rings. The van der Waals surface area contributed by atoms with Gasteiger partial charge in [-0.05, 0) is 53.6 Å². The third-order valence-corrected chi connectivity index (χ3v) is 3.99. The molecule has 0 heterocycles. The molecule has 0 amide bonds. The Hall–Kier alpha value is -1.60. The van der Waals surface area contributed by atoms with Gasteiger partial charge in [0.1, 0.15) is 0 Å². The summed E-state index contributed by atoms with van der Waals surface area (Å²) in [5.74, 6) is 0. The van der Waals surface area contributed by atoms with Gasteiger partial charge in [-0.3, -0.25) is 0 Å². The minimum Gasteiger partial charge on any atom is -0.313 e. The van der Waals surface area contributed by atoms with E-state index in [0.29, 0.717) is 0 Å². The van der Waals surface area contributed by atoms with Crippen LogP contribution in [0.5, 0.6) is 0 Å². The molecule has 0 unspecified atom stereocenters. The molecule has 0 spiro atoms. The van der Waals surface area contributed by atoms with Crippen molar-refractivity contribution in [2.24, 2.45) is 0 Å². The number of fused-ring (bicyclic) bond motifs is 1. The Bertz CT molecular complexity index is 572. The van der Waals surface area contributed by atoms with E-state index in [-0.39, 0.29) is 0 Å². The highest BCUT2D eigenvalue weighted by molar-refractivity contribution is 5.68. The van der Waals surface area contributed by atoms with Crippen molar-refractivity contribution in [2.45, 2.75) is 32.7 Å². The molecule has 0 radical (unpaired) electrons. The molecule has 0 atom stereocenters. The summed E-state index contributed by atoms with van der Waals surface area (Å²) in [4.78, 5) is 0. The highest BCUT2D eigenvalue weighted by Crippen LogP contribution is 2.29. The zero-order valence-electron chi connectivity index (χ0n) is 11.6. The van der Waals surface area contributed by atoms with Crippen molar-refractivity contribution in [3.05, 3.63) is 59.2 Å². The lowest BCUT2D eigenvalue weighted by Crippen LogP contribution is -2.12. The fourth-order valence-electron chi connectivity index (χ4n) is 2.96. The highest BCUT2D eigenvalue weighted by atomic mass is 14.8. The maximum Gasteiger partial charge on any atom is 0.0211 e. The quantitative estimate of drug-likeness (QED) is 0.867. The molecule has 1 N–H and O–H groups in total. The standard InChI is InChI=1S/C18H21N/c1-2-19-13-17-6-3-4-9-18(17)16-11-10-14-7-5-8-15(14)12-16/h3-4,6,9-12,19H,2,5,7-8,13H2,1H3. The number of hydrogen-bond acceptors (Lipinski definition) is 1. The fourth-order valence-corrected chi connectivity index (χ4v) is 2.96. The summed E-state index contributed by atoms with van der Waals surface area (Å²) >= 11 is 0. The Kier molecular flexibility index (Phi) is 3.65. The summed E-state index contributed by atoms with van der Waals surface area (Å²) in [7, 11) is 0. The maximum atomic E-state index is 3.43. The summed E-state index contributed by atoms with van der Waals surface area (Å²) in [6, 6.07) is 15.7. The number of aryl methyl sites for hydroxylation is 2. The van der Waals surface area contributed by atoms with Crippen molar-refractivity contribution in [1.82, 2.24) is 5.32 Å². The smallest absolute Gasteiger partial charge is 0.0211 e. The SMILES string of the molecule is CCNCc1ccccc1-c1ccc2c(c1)CCC2. The molecule has 1 aliphatic carbocycles. The number of nitrogens with one attached hydrogen (secondary N) is 1. The Balaban J connectivity index is 1.97. The number of rotatable bonds is 4. The van der Waals surface area contributed by atoms with Crippen LogP contribution in [0.2, 0.25) is 0 Å². The summed E-state index contributed by atoms with van der Waals surface area (Å²) < 4.78 is 0. The molecule has 1 nitrogen and oxygen atoms in total. The molecule has 1 heteroatoms. The lowest BCUT2D eigenvalue weighted by molar-refractivity contribution is 0.728. The van der Waals surface area contributed by atoms with E-state index >= 15 is 0 Å². The van der Waals surface area contributed by atoms with Gasteiger partial charge in [-0.2, -0.15) is 0 Å². The fraction of sp³-hybridized carbons (Fsp3) is 0.333. The molecule has 0 aliphatic heterocycles. The number of hydrogen-bond donors (Lipinski definition) is 1. The molecule has 1 aliphatic rings. The van der Waals surface area contributed by atoms with Gasteiger partial charge in [0.15, 0.2) is 0 Å². The van der Waals surface area contributed by atoms with Crippen molar-refractivity contribution in [3.8, 4) is 11.1 Å². The monoisotopic (exact) mass is 251 g/mol. The Labute approximate surface area is 115 Å². The van der Waals surface area contributed by atoms with Gasteiger partial charge in [0, 0.05) is 6.54 Å². The first-order valence-electron chi connectivity index (χ1n) is 7.29. The Morgan fingerprint density at radius 2 is 1.84 bits per heavy atom. The summed E-state index contributed by atoms with van der Waals surface area (Å²) in [5, 5.41) is 3.43. The third kappa shape index (κ3) is 2.57. The van der Waals surface area contributed by atoms with Crippen LogP contribution in [0, 0.1) is 0 Å². The van der Waals surface area contributed by atoms with Crippen LogP contribution in [-0.2, 0) is 19.4 Å². The van der Waals surface area contributed by atoms with Crippen LogP contribution < -0.4 is 5.32 Å². The number of benzene rings is 2. The van der Waals surface area contributed by atoms with Crippen LogP contribution in [0.15, 0.2) is 42.5 Å². The first kappa shape index (κ1) is 12.4. The molecule has 2 aromatic rings. The molecule has 98 valence electrons. The van der Waals surface area contributed by atoms with Crippen molar-refractivity contribution in [1.29, 1.82) is 0 Å². The van der Waals surface area contributed by atoms with E-state index in [1.165, 1.54) is 36.0 Å². The second kappa shape index (κ2) is 5.58. The van der Waals surface area contributed by atoms with Crippen molar-refractivity contribution in [3.63, 3.8) is 0 Å². The van der Waals surface area contributed by atoms with Gasteiger partial charge in [-0.1, -0.05) is 49.4 Å². The molecule has 2 aromatic carbocycles. The summed E-state index contributed by atoms with van der Waals surface area (Å²) in [6.07, 6.45) is 3.82. The zero-order valence-corrected chi connectivity index (χ0v) is 11.6. The molecular formula is C18H21N.